The summed E-state index contributed by atoms with van der Waals surface area (Å²) in [6.07, 6.45) is 1.55. The van der Waals surface area contributed by atoms with Gasteiger partial charge in [-0.15, -0.1) is 0 Å². The topological polar surface area (TPSA) is 77.7 Å². The van der Waals surface area contributed by atoms with Crippen LogP contribution >= 0.6 is 0 Å². The zero-order chi connectivity index (χ0) is 22.8. The van der Waals surface area contributed by atoms with Gasteiger partial charge in [-0.25, -0.2) is 10.1 Å². The number of hydrazone groups is 1. The molecule has 0 radical (unpaired) electrons. The second-order valence-electron chi connectivity index (χ2n) is 7.84. The van der Waals surface area contributed by atoms with Gasteiger partial charge in [-0.1, -0.05) is 47.5 Å². The Morgan fingerprint density at radius 2 is 1.64 bits per heavy atom. The smallest absolute Gasteiger partial charge is 0.291 e. The van der Waals surface area contributed by atoms with Gasteiger partial charge in [0.2, 0.25) is 6.79 Å². The Kier molecular flexibility index (Phi) is 5.36. The number of aromatic nitrogens is 2. The van der Waals surface area contributed by atoms with E-state index in [1.54, 1.807) is 23.0 Å². The molecule has 1 aliphatic rings. The highest BCUT2D eigenvalue weighted by Crippen LogP contribution is 2.32. The number of hydrogen-bond donors (Lipinski definition) is 1. The Morgan fingerprint density at radius 3 is 2.39 bits per heavy atom. The molecule has 1 aliphatic heterocycles. The molecule has 33 heavy (non-hydrogen) atoms. The third kappa shape index (κ3) is 4.34. The van der Waals surface area contributed by atoms with Crippen molar-refractivity contribution in [2.24, 2.45) is 5.10 Å². The molecule has 0 bridgehead atoms. The highest BCUT2D eigenvalue weighted by molar-refractivity contribution is 5.94. The van der Waals surface area contributed by atoms with Crippen molar-refractivity contribution in [2.45, 2.75) is 13.8 Å². The first-order valence-electron chi connectivity index (χ1n) is 10.5. The maximum atomic E-state index is 12.8. The summed E-state index contributed by atoms with van der Waals surface area (Å²) in [6, 6.07) is 23.4. The Hall–Kier alpha value is -4.39. The highest BCUT2D eigenvalue weighted by atomic mass is 16.7. The van der Waals surface area contributed by atoms with Crippen LogP contribution in [-0.4, -0.2) is 28.7 Å². The lowest BCUT2D eigenvalue weighted by atomic mass is 10.1. The van der Waals surface area contributed by atoms with Crippen molar-refractivity contribution in [3.63, 3.8) is 0 Å². The first-order chi connectivity index (χ1) is 16.1. The Bertz CT molecular complexity index is 1280. The maximum absolute atomic E-state index is 12.8. The molecule has 1 amide bonds. The first kappa shape index (κ1) is 20.5. The van der Waals surface area contributed by atoms with Gasteiger partial charge >= 0.3 is 0 Å². The minimum atomic E-state index is -0.397. The molecule has 0 atom stereocenters. The number of benzene rings is 3. The summed E-state index contributed by atoms with van der Waals surface area (Å²) in [7, 11) is 0. The van der Waals surface area contributed by atoms with E-state index in [2.05, 4.69) is 15.6 Å². The van der Waals surface area contributed by atoms with Crippen LogP contribution in [0.2, 0.25) is 0 Å². The lowest BCUT2D eigenvalue weighted by molar-refractivity contribution is 0.0949. The average Bonchev–Trinajstić information content (AvgIpc) is 3.47. The fraction of sp³-hybridized carbons (Fsp3) is 0.115. The zero-order valence-corrected chi connectivity index (χ0v) is 18.3. The van der Waals surface area contributed by atoms with Crippen LogP contribution in [0.3, 0.4) is 0 Å². The van der Waals surface area contributed by atoms with Crippen LogP contribution in [-0.2, 0) is 0 Å². The zero-order valence-electron chi connectivity index (χ0n) is 18.3. The number of ether oxygens (including phenoxy) is 2. The Labute approximate surface area is 191 Å². The molecule has 4 aromatic rings. The number of fused-ring (bicyclic) bond motifs is 1. The number of aryl methyl sites for hydroxylation is 2. The fourth-order valence-corrected chi connectivity index (χ4v) is 3.52. The quantitative estimate of drug-likeness (QED) is 0.364. The molecule has 1 N–H and O–H groups in total. The standard InChI is InChI=1S/C26H22N4O3/c1-17-3-8-20(9-4-17)23-14-22(29-30(23)21-10-5-18(2)6-11-21)26(31)28-27-15-19-7-12-24-25(13-19)33-16-32-24/h3-15H,16H2,1-2H3,(H,28,31)/b27-15-. The number of carbonyl (C=O) groups is 1. The number of rotatable bonds is 5. The summed E-state index contributed by atoms with van der Waals surface area (Å²) >= 11 is 0. The molecule has 0 spiro atoms. The van der Waals surface area contributed by atoms with E-state index >= 15 is 0 Å². The van der Waals surface area contributed by atoms with Crippen LogP contribution in [0.4, 0.5) is 0 Å². The van der Waals surface area contributed by atoms with Gasteiger partial charge in [-0.05, 0) is 55.8 Å². The van der Waals surface area contributed by atoms with Crippen LogP contribution in [0, 0.1) is 13.8 Å². The van der Waals surface area contributed by atoms with E-state index in [4.69, 9.17) is 9.47 Å². The van der Waals surface area contributed by atoms with E-state index < -0.39 is 5.91 Å². The van der Waals surface area contributed by atoms with Crippen LogP contribution in [0.25, 0.3) is 16.9 Å². The summed E-state index contributed by atoms with van der Waals surface area (Å²) in [5, 5.41) is 8.66. The number of amides is 1. The van der Waals surface area contributed by atoms with E-state index in [9.17, 15) is 4.79 Å². The number of carbonyl (C=O) groups excluding carboxylic acids is 1. The van der Waals surface area contributed by atoms with E-state index in [0.29, 0.717) is 11.5 Å². The van der Waals surface area contributed by atoms with Crippen LogP contribution in [0.5, 0.6) is 11.5 Å². The third-order valence-corrected chi connectivity index (χ3v) is 5.34. The summed E-state index contributed by atoms with van der Waals surface area (Å²) in [6.45, 7) is 4.28. The molecule has 7 nitrogen and oxygen atoms in total. The molecular formula is C26H22N4O3. The van der Waals surface area contributed by atoms with E-state index in [1.807, 2.05) is 74.5 Å². The van der Waals surface area contributed by atoms with Crippen LogP contribution in [0.15, 0.2) is 77.9 Å². The van der Waals surface area contributed by atoms with E-state index in [-0.39, 0.29) is 12.5 Å². The van der Waals surface area contributed by atoms with Crippen molar-refractivity contribution in [3.8, 4) is 28.4 Å². The summed E-state index contributed by atoms with van der Waals surface area (Å²) < 4.78 is 12.5. The lowest BCUT2D eigenvalue weighted by Crippen LogP contribution is -2.18. The lowest BCUT2D eigenvalue weighted by Gasteiger charge is -2.08. The third-order valence-electron chi connectivity index (χ3n) is 5.34. The predicted octanol–water partition coefficient (Wildman–Crippen LogP) is 4.65. The Balaban J connectivity index is 1.41. The molecule has 7 heteroatoms. The van der Waals surface area contributed by atoms with Crippen molar-refractivity contribution >= 4 is 12.1 Å². The molecule has 3 aromatic carbocycles. The SMILES string of the molecule is Cc1ccc(-c2cc(C(=O)N/N=C\c3ccc4c(c3)OCO4)nn2-c2ccc(C)cc2)cc1. The van der Waals surface area contributed by atoms with Crippen LogP contribution in [0.1, 0.15) is 27.2 Å². The van der Waals surface area contributed by atoms with Crippen molar-refractivity contribution in [3.05, 3.63) is 95.2 Å². The van der Waals surface area contributed by atoms with Gasteiger partial charge < -0.3 is 9.47 Å². The minimum absolute atomic E-state index is 0.208. The molecule has 0 aliphatic carbocycles. The highest BCUT2D eigenvalue weighted by Gasteiger charge is 2.17. The maximum Gasteiger partial charge on any atom is 0.291 e. The first-order valence-corrected chi connectivity index (χ1v) is 10.5. The minimum Gasteiger partial charge on any atom is -0.454 e. The van der Waals surface area contributed by atoms with Gasteiger partial charge in [-0.2, -0.15) is 10.2 Å². The van der Waals surface area contributed by atoms with Crippen LogP contribution < -0.4 is 14.9 Å². The predicted molar refractivity (Wildman–Crippen MR) is 126 cm³/mol. The Morgan fingerprint density at radius 1 is 0.939 bits per heavy atom. The number of nitrogens with zero attached hydrogens (tertiary/aromatic N) is 3. The van der Waals surface area contributed by atoms with Crippen molar-refractivity contribution in [1.82, 2.24) is 15.2 Å². The van der Waals surface area contributed by atoms with Gasteiger partial charge in [0.1, 0.15) is 0 Å². The van der Waals surface area contributed by atoms with Crippen molar-refractivity contribution in [1.29, 1.82) is 0 Å². The van der Waals surface area contributed by atoms with Gasteiger partial charge in [0.05, 0.1) is 17.6 Å². The normalized spacial score (nSPS) is 12.3. The summed E-state index contributed by atoms with van der Waals surface area (Å²) in [5.74, 6) is 0.956. The van der Waals surface area contributed by atoms with Gasteiger partial charge in [-0.3, -0.25) is 4.79 Å². The fourth-order valence-electron chi connectivity index (χ4n) is 3.52. The molecule has 0 unspecified atom stereocenters. The molecule has 2 heterocycles. The van der Waals surface area contributed by atoms with Gasteiger partial charge in [0, 0.05) is 5.56 Å². The molecule has 0 saturated carbocycles. The average molecular weight is 438 g/mol. The molecular weight excluding hydrogens is 416 g/mol. The number of hydrogen-bond acceptors (Lipinski definition) is 5. The monoisotopic (exact) mass is 438 g/mol. The van der Waals surface area contributed by atoms with Crippen molar-refractivity contribution in [2.75, 3.05) is 6.79 Å². The summed E-state index contributed by atoms with van der Waals surface area (Å²) in [5.41, 5.74) is 8.59. The van der Waals surface area contributed by atoms with Gasteiger partial charge in [0.25, 0.3) is 5.91 Å². The second kappa shape index (κ2) is 8.63. The van der Waals surface area contributed by atoms with E-state index in [0.717, 1.165) is 33.6 Å². The molecule has 0 saturated heterocycles. The van der Waals surface area contributed by atoms with Crippen molar-refractivity contribution < 1.29 is 14.3 Å². The molecule has 0 fully saturated rings. The molecule has 5 rings (SSSR count). The summed E-state index contributed by atoms with van der Waals surface area (Å²) in [4.78, 5) is 12.8. The largest absolute Gasteiger partial charge is 0.454 e. The molecule has 1 aromatic heterocycles. The molecule has 164 valence electrons. The van der Waals surface area contributed by atoms with Gasteiger partial charge in [0.15, 0.2) is 17.2 Å². The number of nitrogens with one attached hydrogen (secondary N) is 1. The van der Waals surface area contributed by atoms with E-state index in [1.165, 1.54) is 0 Å². The second-order valence-corrected chi connectivity index (χ2v) is 7.84.